The summed E-state index contributed by atoms with van der Waals surface area (Å²) >= 11 is 0. The number of aliphatic hydroxyl groups is 3. The van der Waals surface area contributed by atoms with Crippen LogP contribution in [-0.4, -0.2) is 48.4 Å². The molecule has 0 saturated heterocycles. The maximum Gasteiger partial charge on any atom is 0.0940 e. The van der Waals surface area contributed by atoms with E-state index in [4.69, 9.17) is 15.3 Å². The van der Waals surface area contributed by atoms with Gasteiger partial charge >= 0.3 is 0 Å². The van der Waals surface area contributed by atoms with Crippen molar-refractivity contribution in [3.05, 3.63) is 0 Å². The van der Waals surface area contributed by atoms with Crippen LogP contribution in [0.2, 0.25) is 0 Å². The van der Waals surface area contributed by atoms with Crippen LogP contribution in [0.3, 0.4) is 0 Å². The van der Waals surface area contributed by atoms with Crippen molar-refractivity contribution < 1.29 is 25.0 Å². The van der Waals surface area contributed by atoms with Crippen LogP contribution in [0, 0.1) is 0 Å². The lowest BCUT2D eigenvalue weighted by Crippen LogP contribution is -2.19. The van der Waals surface area contributed by atoms with Crippen molar-refractivity contribution in [1.29, 1.82) is 0 Å². The van der Waals surface area contributed by atoms with Gasteiger partial charge in [0.05, 0.1) is 26.4 Å². The lowest BCUT2D eigenvalue weighted by atomic mass is 10.4. The fourth-order valence-electron chi connectivity index (χ4n) is 0.374. The third kappa shape index (κ3) is 22.6. The minimum Gasteiger partial charge on any atom is -0.396 e. The van der Waals surface area contributed by atoms with Gasteiger partial charge in [-0.3, -0.25) is 9.68 Å². The summed E-state index contributed by atoms with van der Waals surface area (Å²) in [4.78, 5) is 8.90. The molecular formula is C8H21NO5. The number of aliphatic hydroxyl groups excluding tert-OH is 3. The lowest BCUT2D eigenvalue weighted by Gasteiger charge is -2.01. The Bertz CT molecular complexity index is 76.1. The quantitative estimate of drug-likeness (QED) is 0.310. The summed E-state index contributed by atoms with van der Waals surface area (Å²) in [7, 11) is 0. The molecule has 88 valence electrons. The third-order valence-corrected chi connectivity index (χ3v) is 1.02. The highest BCUT2D eigenvalue weighted by atomic mass is 16.9. The lowest BCUT2D eigenvalue weighted by molar-refractivity contribution is -0.178. The van der Waals surface area contributed by atoms with E-state index in [1.165, 1.54) is 0 Å². The Morgan fingerprint density at radius 3 is 1.64 bits per heavy atom. The summed E-state index contributed by atoms with van der Waals surface area (Å²) in [5.41, 5.74) is 2.07. The molecule has 0 aliphatic carbocycles. The fourth-order valence-corrected chi connectivity index (χ4v) is 0.374. The molecule has 4 N–H and O–H groups in total. The molecule has 0 aliphatic rings. The van der Waals surface area contributed by atoms with E-state index in [2.05, 4.69) is 22.2 Å². The summed E-state index contributed by atoms with van der Waals surface area (Å²) in [6.07, 6.45) is 2.04. The molecule has 0 aromatic carbocycles. The normalized spacial score (nSPS) is 9.43. The second kappa shape index (κ2) is 18.5. The number of hydrogen-bond donors (Lipinski definition) is 4. The van der Waals surface area contributed by atoms with Gasteiger partial charge in [-0.1, -0.05) is 19.0 Å². The zero-order chi connectivity index (χ0) is 11.1. The zero-order valence-corrected chi connectivity index (χ0v) is 8.61. The van der Waals surface area contributed by atoms with E-state index in [0.29, 0.717) is 6.61 Å². The Morgan fingerprint density at radius 1 is 0.929 bits per heavy atom. The third-order valence-electron chi connectivity index (χ3n) is 1.02. The molecule has 0 bridgehead atoms. The maximum absolute atomic E-state index is 8.15. The zero-order valence-electron chi connectivity index (χ0n) is 8.61. The van der Waals surface area contributed by atoms with Gasteiger partial charge in [0.1, 0.15) is 0 Å². The number of unbranched alkanes of at least 4 members (excludes halogenated alkanes) is 1. The smallest absolute Gasteiger partial charge is 0.0940 e. The average molecular weight is 211 g/mol. The molecule has 0 fully saturated rings. The fraction of sp³-hybridized carbons (Fsp3) is 1.00. The van der Waals surface area contributed by atoms with Crippen molar-refractivity contribution in [2.45, 2.75) is 19.8 Å². The van der Waals surface area contributed by atoms with Gasteiger partial charge in [0.2, 0.25) is 0 Å². The van der Waals surface area contributed by atoms with Gasteiger partial charge in [0, 0.05) is 6.61 Å². The van der Waals surface area contributed by atoms with E-state index in [1.807, 2.05) is 0 Å². The number of hydrogen-bond acceptors (Lipinski definition) is 6. The highest BCUT2D eigenvalue weighted by Gasteiger charge is 1.83. The van der Waals surface area contributed by atoms with Gasteiger partial charge in [-0.2, -0.15) is 0 Å². The molecule has 6 nitrogen and oxygen atoms in total. The van der Waals surface area contributed by atoms with Crippen molar-refractivity contribution in [3.63, 3.8) is 0 Å². The molecule has 0 aromatic heterocycles. The predicted octanol–water partition coefficient (Wildman–Crippen LogP) is -0.797. The first-order valence-electron chi connectivity index (χ1n) is 4.64. The van der Waals surface area contributed by atoms with E-state index in [1.54, 1.807) is 0 Å². The molecule has 0 atom stereocenters. The van der Waals surface area contributed by atoms with Crippen LogP contribution in [0.1, 0.15) is 19.8 Å². The topological polar surface area (TPSA) is 91.2 Å². The van der Waals surface area contributed by atoms with Crippen LogP contribution < -0.4 is 5.64 Å². The summed E-state index contributed by atoms with van der Waals surface area (Å²) in [6, 6.07) is 0. The number of rotatable bonds is 8. The molecule has 0 aromatic rings. The van der Waals surface area contributed by atoms with Gasteiger partial charge in [0.25, 0.3) is 0 Å². The molecule has 0 unspecified atom stereocenters. The highest BCUT2D eigenvalue weighted by molar-refractivity contribution is 4.23. The van der Waals surface area contributed by atoms with E-state index in [-0.39, 0.29) is 26.4 Å². The predicted molar refractivity (Wildman–Crippen MR) is 51.2 cm³/mol. The van der Waals surface area contributed by atoms with Gasteiger partial charge in [-0.15, -0.1) is 0 Å². The van der Waals surface area contributed by atoms with E-state index in [9.17, 15) is 0 Å². The van der Waals surface area contributed by atoms with Crippen LogP contribution in [0.15, 0.2) is 0 Å². The van der Waals surface area contributed by atoms with Crippen molar-refractivity contribution in [3.8, 4) is 0 Å². The van der Waals surface area contributed by atoms with Gasteiger partial charge in [-0.05, 0) is 6.42 Å². The standard InChI is InChI=1S/C4H11NO4.C4H10O/c6-1-3-8-5-9-4-2-7;1-2-3-4-5/h5-7H,1-4H2;5H,2-4H2,1H3. The molecular weight excluding hydrogens is 190 g/mol. The summed E-state index contributed by atoms with van der Waals surface area (Å²) in [6.45, 7) is 2.62. The first kappa shape index (κ1) is 16.2. The Balaban J connectivity index is 0. The van der Waals surface area contributed by atoms with Gasteiger partial charge in [-0.25, -0.2) is 0 Å². The summed E-state index contributed by atoms with van der Waals surface area (Å²) in [5.74, 6) is 0. The molecule has 0 rings (SSSR count). The van der Waals surface area contributed by atoms with Gasteiger partial charge in [0.15, 0.2) is 0 Å². The van der Waals surface area contributed by atoms with Crippen LogP contribution in [0.5, 0.6) is 0 Å². The molecule has 14 heavy (non-hydrogen) atoms. The molecule has 0 heterocycles. The summed E-state index contributed by atoms with van der Waals surface area (Å²) < 4.78 is 0. The Kier molecular flexibility index (Phi) is 21.4. The molecule has 6 heteroatoms. The summed E-state index contributed by atoms with van der Waals surface area (Å²) in [5, 5.41) is 24.4. The van der Waals surface area contributed by atoms with E-state index >= 15 is 0 Å². The van der Waals surface area contributed by atoms with Gasteiger partial charge < -0.3 is 15.3 Å². The van der Waals surface area contributed by atoms with Crippen LogP contribution in [0.4, 0.5) is 0 Å². The van der Waals surface area contributed by atoms with Crippen molar-refractivity contribution in [2.75, 3.05) is 33.0 Å². The Hall–Kier alpha value is -0.240. The van der Waals surface area contributed by atoms with E-state index in [0.717, 1.165) is 12.8 Å². The molecule has 0 amide bonds. The maximum atomic E-state index is 8.15. The molecule has 0 aliphatic heterocycles. The first-order valence-corrected chi connectivity index (χ1v) is 4.64. The highest BCUT2D eigenvalue weighted by Crippen LogP contribution is 1.78. The van der Waals surface area contributed by atoms with Crippen molar-refractivity contribution in [2.24, 2.45) is 0 Å². The minimum atomic E-state index is -0.0600. The minimum absolute atomic E-state index is 0.0600. The molecule has 0 spiro atoms. The second-order valence-electron chi connectivity index (χ2n) is 2.30. The monoisotopic (exact) mass is 211 g/mol. The molecule has 0 saturated carbocycles. The van der Waals surface area contributed by atoms with Crippen LogP contribution in [-0.2, 0) is 9.68 Å². The molecule has 0 radical (unpaired) electrons. The SMILES string of the molecule is CCCCO.OCCONOCCO. The largest absolute Gasteiger partial charge is 0.396 e. The van der Waals surface area contributed by atoms with E-state index < -0.39 is 0 Å². The Morgan fingerprint density at radius 2 is 1.43 bits per heavy atom. The first-order chi connectivity index (χ1) is 6.83. The number of nitrogens with one attached hydrogen (secondary N) is 1. The second-order valence-corrected chi connectivity index (χ2v) is 2.30. The van der Waals surface area contributed by atoms with Crippen molar-refractivity contribution >= 4 is 0 Å². The van der Waals surface area contributed by atoms with Crippen molar-refractivity contribution in [1.82, 2.24) is 5.64 Å². The Labute approximate surface area is 84.4 Å². The van der Waals surface area contributed by atoms with Crippen LogP contribution in [0.25, 0.3) is 0 Å². The average Bonchev–Trinajstić information content (AvgIpc) is 2.20. The van der Waals surface area contributed by atoms with Crippen LogP contribution >= 0.6 is 0 Å².